The van der Waals surface area contributed by atoms with E-state index in [1.807, 2.05) is 31.1 Å². The molecule has 2 aromatic rings. The Morgan fingerprint density at radius 3 is 2.84 bits per heavy atom. The molecule has 0 radical (unpaired) electrons. The van der Waals surface area contributed by atoms with E-state index in [1.165, 1.54) is 24.0 Å². The average molecular weight is 451 g/mol. The molecular formula is C19H26IN5. The summed E-state index contributed by atoms with van der Waals surface area (Å²) < 4.78 is 0. The molecule has 0 unspecified atom stereocenters. The summed E-state index contributed by atoms with van der Waals surface area (Å²) in [7, 11) is 3.95. The lowest BCUT2D eigenvalue weighted by Gasteiger charge is -2.19. The van der Waals surface area contributed by atoms with Gasteiger partial charge in [-0.25, -0.2) is 9.98 Å². The standard InChI is InChI=1S/C19H25N5.HI/c1-24(2)18-12-14(10-11-21-18)13-22-19(20)23-17-9-5-7-15-6-3-4-8-16(15)17;/h5,7,9-12H,3-4,6,8,13H2,1-2H3,(H3,20,22,23);1H. The molecule has 1 heterocycles. The first kappa shape index (κ1) is 19.5. The summed E-state index contributed by atoms with van der Waals surface area (Å²) in [5, 5.41) is 3.28. The number of aryl methyl sites for hydroxylation is 1. The van der Waals surface area contributed by atoms with Crippen LogP contribution in [0.2, 0.25) is 0 Å². The van der Waals surface area contributed by atoms with Crippen molar-refractivity contribution in [3.05, 3.63) is 53.2 Å². The second-order valence-corrected chi connectivity index (χ2v) is 6.39. The molecule has 0 fully saturated rings. The summed E-state index contributed by atoms with van der Waals surface area (Å²) in [5.41, 5.74) is 11.1. The Hall–Kier alpha value is -1.83. The number of aromatic nitrogens is 1. The van der Waals surface area contributed by atoms with Crippen molar-refractivity contribution < 1.29 is 0 Å². The van der Waals surface area contributed by atoms with E-state index >= 15 is 0 Å². The van der Waals surface area contributed by atoms with Gasteiger partial charge in [-0.2, -0.15) is 0 Å². The van der Waals surface area contributed by atoms with Crippen molar-refractivity contribution in [3.63, 3.8) is 0 Å². The number of hydrogen-bond donors (Lipinski definition) is 2. The fourth-order valence-electron chi connectivity index (χ4n) is 3.06. The van der Waals surface area contributed by atoms with Crippen LogP contribution >= 0.6 is 24.0 Å². The highest BCUT2D eigenvalue weighted by atomic mass is 127. The minimum atomic E-state index is 0. The average Bonchev–Trinajstić information content (AvgIpc) is 2.60. The van der Waals surface area contributed by atoms with E-state index in [-0.39, 0.29) is 24.0 Å². The lowest BCUT2D eigenvalue weighted by molar-refractivity contribution is 0.687. The molecule has 0 amide bonds. The van der Waals surface area contributed by atoms with Crippen molar-refractivity contribution in [3.8, 4) is 0 Å². The molecule has 1 aromatic carbocycles. The number of nitrogens with two attached hydrogens (primary N) is 1. The fourth-order valence-corrected chi connectivity index (χ4v) is 3.06. The van der Waals surface area contributed by atoms with Crippen molar-refractivity contribution >= 4 is 41.4 Å². The molecule has 1 aliphatic rings. The highest BCUT2D eigenvalue weighted by molar-refractivity contribution is 14.0. The van der Waals surface area contributed by atoms with Crippen LogP contribution in [-0.2, 0) is 19.4 Å². The van der Waals surface area contributed by atoms with Crippen LogP contribution < -0.4 is 16.0 Å². The third-order valence-electron chi connectivity index (χ3n) is 4.36. The van der Waals surface area contributed by atoms with Gasteiger partial charge in [-0.1, -0.05) is 12.1 Å². The zero-order valence-electron chi connectivity index (χ0n) is 14.8. The van der Waals surface area contributed by atoms with Gasteiger partial charge < -0.3 is 16.0 Å². The van der Waals surface area contributed by atoms with Gasteiger partial charge in [0.25, 0.3) is 0 Å². The van der Waals surface area contributed by atoms with Gasteiger partial charge in [0.15, 0.2) is 5.96 Å². The normalized spacial score (nSPS) is 13.6. The maximum absolute atomic E-state index is 6.10. The summed E-state index contributed by atoms with van der Waals surface area (Å²) in [4.78, 5) is 10.8. The molecule has 0 spiro atoms. The highest BCUT2D eigenvalue weighted by Crippen LogP contribution is 2.27. The Morgan fingerprint density at radius 1 is 1.24 bits per heavy atom. The molecule has 0 saturated heterocycles. The quantitative estimate of drug-likeness (QED) is 0.424. The third-order valence-corrected chi connectivity index (χ3v) is 4.36. The number of rotatable bonds is 4. The van der Waals surface area contributed by atoms with Gasteiger partial charge in [0.1, 0.15) is 5.82 Å². The van der Waals surface area contributed by atoms with E-state index in [0.29, 0.717) is 12.5 Å². The van der Waals surface area contributed by atoms with Crippen molar-refractivity contribution in [2.75, 3.05) is 24.3 Å². The van der Waals surface area contributed by atoms with Crippen LogP contribution in [0.4, 0.5) is 11.5 Å². The lowest BCUT2D eigenvalue weighted by Crippen LogP contribution is -2.24. The second-order valence-electron chi connectivity index (χ2n) is 6.39. The molecule has 134 valence electrons. The summed E-state index contributed by atoms with van der Waals surface area (Å²) in [6.45, 7) is 0.539. The first-order chi connectivity index (χ1) is 11.6. The monoisotopic (exact) mass is 451 g/mol. The van der Waals surface area contributed by atoms with E-state index in [9.17, 15) is 0 Å². The molecule has 25 heavy (non-hydrogen) atoms. The maximum Gasteiger partial charge on any atom is 0.193 e. The number of halogens is 1. The van der Waals surface area contributed by atoms with Gasteiger partial charge >= 0.3 is 0 Å². The van der Waals surface area contributed by atoms with E-state index in [2.05, 4.69) is 33.5 Å². The smallest absolute Gasteiger partial charge is 0.193 e. The number of benzene rings is 1. The van der Waals surface area contributed by atoms with Gasteiger partial charge in [-0.05, 0) is 60.6 Å². The first-order valence-electron chi connectivity index (χ1n) is 8.43. The van der Waals surface area contributed by atoms with Crippen molar-refractivity contribution in [1.29, 1.82) is 0 Å². The summed E-state index contributed by atoms with van der Waals surface area (Å²) >= 11 is 0. The number of nitrogens with one attached hydrogen (secondary N) is 1. The van der Waals surface area contributed by atoms with Crippen LogP contribution in [0.1, 0.15) is 29.5 Å². The molecule has 0 atom stereocenters. The number of hydrogen-bond acceptors (Lipinski definition) is 3. The minimum Gasteiger partial charge on any atom is -0.370 e. The lowest BCUT2D eigenvalue weighted by atomic mass is 9.90. The predicted molar refractivity (Wildman–Crippen MR) is 116 cm³/mol. The SMILES string of the molecule is CN(C)c1cc(CN=C(N)Nc2cccc3c2CCCC3)ccn1.I. The number of fused-ring (bicyclic) bond motifs is 1. The van der Waals surface area contributed by atoms with Gasteiger partial charge in [0.05, 0.1) is 6.54 Å². The van der Waals surface area contributed by atoms with E-state index in [0.717, 1.165) is 29.9 Å². The van der Waals surface area contributed by atoms with Crippen LogP contribution in [0.5, 0.6) is 0 Å². The van der Waals surface area contributed by atoms with Crippen LogP contribution in [-0.4, -0.2) is 25.0 Å². The predicted octanol–water partition coefficient (Wildman–Crippen LogP) is 3.57. The zero-order chi connectivity index (χ0) is 16.9. The molecule has 1 aliphatic carbocycles. The zero-order valence-corrected chi connectivity index (χ0v) is 17.2. The number of guanidine groups is 1. The Kier molecular flexibility index (Phi) is 7.04. The second kappa shape index (κ2) is 9.03. The summed E-state index contributed by atoms with van der Waals surface area (Å²) in [6.07, 6.45) is 6.59. The van der Waals surface area contributed by atoms with Gasteiger partial charge in [-0.15, -0.1) is 24.0 Å². The van der Waals surface area contributed by atoms with Crippen LogP contribution in [0.3, 0.4) is 0 Å². The third kappa shape index (κ3) is 5.07. The number of aliphatic imine (C=N–C) groups is 1. The first-order valence-corrected chi connectivity index (χ1v) is 8.43. The number of pyridine rings is 1. The Balaban J connectivity index is 0.00000225. The van der Waals surface area contributed by atoms with Crippen molar-refractivity contribution in [2.45, 2.75) is 32.2 Å². The largest absolute Gasteiger partial charge is 0.370 e. The topological polar surface area (TPSA) is 66.5 Å². The molecule has 1 aromatic heterocycles. The van der Waals surface area contributed by atoms with Crippen molar-refractivity contribution in [1.82, 2.24) is 4.98 Å². The Morgan fingerprint density at radius 2 is 2.04 bits per heavy atom. The molecule has 0 saturated carbocycles. The molecule has 5 nitrogen and oxygen atoms in total. The number of nitrogens with zero attached hydrogens (tertiary/aromatic N) is 3. The van der Waals surface area contributed by atoms with Gasteiger partial charge in [0.2, 0.25) is 0 Å². The molecule has 3 N–H and O–H groups in total. The molecule has 6 heteroatoms. The van der Waals surface area contributed by atoms with Crippen molar-refractivity contribution in [2.24, 2.45) is 10.7 Å². The van der Waals surface area contributed by atoms with E-state index in [1.54, 1.807) is 6.20 Å². The van der Waals surface area contributed by atoms with Gasteiger partial charge in [0, 0.05) is 26.0 Å². The summed E-state index contributed by atoms with van der Waals surface area (Å²) in [5.74, 6) is 1.38. The number of anilines is 2. The molecule has 0 aliphatic heterocycles. The van der Waals surface area contributed by atoms with E-state index < -0.39 is 0 Å². The molecular weight excluding hydrogens is 425 g/mol. The Labute approximate surface area is 166 Å². The van der Waals surface area contributed by atoms with Crippen LogP contribution in [0.15, 0.2) is 41.5 Å². The molecule has 0 bridgehead atoms. The highest BCUT2D eigenvalue weighted by Gasteiger charge is 2.13. The van der Waals surface area contributed by atoms with Gasteiger partial charge in [-0.3, -0.25) is 0 Å². The van der Waals surface area contributed by atoms with Crippen LogP contribution in [0, 0.1) is 0 Å². The fraction of sp³-hybridized carbons (Fsp3) is 0.368. The maximum atomic E-state index is 6.10. The minimum absolute atomic E-state index is 0. The van der Waals surface area contributed by atoms with Crippen LogP contribution in [0.25, 0.3) is 0 Å². The van der Waals surface area contributed by atoms with E-state index in [4.69, 9.17) is 5.73 Å². The Bertz CT molecular complexity index is 742. The molecule has 3 rings (SSSR count). The summed E-state index contributed by atoms with van der Waals surface area (Å²) in [6, 6.07) is 10.4.